The third-order valence-corrected chi connectivity index (χ3v) is 6.75. The second-order valence-corrected chi connectivity index (χ2v) is 9.82. The fraction of sp³-hybridized carbons (Fsp3) is 0.207. The summed E-state index contributed by atoms with van der Waals surface area (Å²) in [7, 11) is 0. The van der Waals surface area contributed by atoms with E-state index in [4.69, 9.17) is 9.97 Å². The van der Waals surface area contributed by atoms with Gasteiger partial charge in [0.25, 0.3) is 5.95 Å². The van der Waals surface area contributed by atoms with E-state index < -0.39 is 0 Å². The summed E-state index contributed by atoms with van der Waals surface area (Å²) in [6.45, 7) is 8.33. The number of benzene rings is 1. The summed E-state index contributed by atoms with van der Waals surface area (Å²) >= 11 is 0. The summed E-state index contributed by atoms with van der Waals surface area (Å²) in [4.78, 5) is 14.1. The Kier molecular flexibility index (Phi) is 5.83. The van der Waals surface area contributed by atoms with Crippen LogP contribution in [0.1, 0.15) is 36.8 Å². The Balaban J connectivity index is 1.32. The van der Waals surface area contributed by atoms with Crippen molar-refractivity contribution >= 4 is 5.65 Å². The zero-order chi connectivity index (χ0) is 26.4. The van der Waals surface area contributed by atoms with E-state index >= 15 is 0 Å². The molecule has 0 fully saturated rings. The smallest absolute Gasteiger partial charge is 0.254 e. The average molecular weight is 507 g/mol. The fourth-order valence-electron chi connectivity index (χ4n) is 4.88. The molecule has 1 atom stereocenters. The molecule has 38 heavy (non-hydrogen) atoms. The molecule has 0 aliphatic heterocycles. The summed E-state index contributed by atoms with van der Waals surface area (Å²) in [6.07, 6.45) is 9.13. The maximum absolute atomic E-state index is 13.5. The summed E-state index contributed by atoms with van der Waals surface area (Å²) in [5, 5.41) is 9.27. The van der Waals surface area contributed by atoms with Crippen LogP contribution >= 0.6 is 0 Å². The van der Waals surface area contributed by atoms with Crippen LogP contribution in [-0.4, -0.2) is 38.9 Å². The van der Waals surface area contributed by atoms with Crippen LogP contribution in [0.4, 0.5) is 4.39 Å². The number of aromatic nitrogens is 8. The molecule has 0 bridgehead atoms. The van der Waals surface area contributed by atoms with Crippen molar-refractivity contribution in [1.82, 2.24) is 38.9 Å². The van der Waals surface area contributed by atoms with Crippen LogP contribution in [0.5, 0.6) is 0 Å². The van der Waals surface area contributed by atoms with Crippen LogP contribution in [-0.2, 0) is 0 Å². The first-order valence-electron chi connectivity index (χ1n) is 12.5. The second kappa shape index (κ2) is 9.33. The molecule has 6 rings (SSSR count). The molecule has 6 aromatic rings. The highest BCUT2D eigenvalue weighted by atomic mass is 19.1. The number of hydrogen-bond acceptors (Lipinski definition) is 5. The maximum atomic E-state index is 13.5. The average Bonchev–Trinajstić information content (AvgIpc) is 3.63. The van der Waals surface area contributed by atoms with Gasteiger partial charge in [-0.1, -0.05) is 26.0 Å². The lowest BCUT2D eigenvalue weighted by atomic mass is 9.96. The van der Waals surface area contributed by atoms with Crippen molar-refractivity contribution in [2.24, 2.45) is 5.92 Å². The van der Waals surface area contributed by atoms with E-state index in [2.05, 4.69) is 41.2 Å². The zero-order valence-corrected chi connectivity index (χ0v) is 21.6. The van der Waals surface area contributed by atoms with Crippen molar-refractivity contribution in [1.29, 1.82) is 0 Å². The third kappa shape index (κ3) is 4.26. The van der Waals surface area contributed by atoms with E-state index in [0.29, 0.717) is 5.95 Å². The molecule has 5 aromatic heterocycles. The van der Waals surface area contributed by atoms with Gasteiger partial charge in [0.05, 0.1) is 36.0 Å². The molecule has 1 aromatic carbocycles. The zero-order valence-electron chi connectivity index (χ0n) is 21.6. The number of nitrogens with zero attached hydrogens (tertiary/aromatic N) is 8. The van der Waals surface area contributed by atoms with Crippen LogP contribution < -0.4 is 0 Å². The predicted octanol–water partition coefficient (Wildman–Crippen LogP) is 5.84. The van der Waals surface area contributed by atoms with Gasteiger partial charge in [-0.2, -0.15) is 10.1 Å². The van der Waals surface area contributed by atoms with Gasteiger partial charge in [0.1, 0.15) is 5.82 Å². The minimum atomic E-state index is -0.250. The standard InChI is InChI=1S/C29H27FN8/c1-18(2)28(21-7-9-24(30)10-8-21)37-17-23(14-32-37)26-16-31-15-25(33-26)22-11-12-36-27(13-22)34-29(35-36)38-19(3)5-6-20(38)4/h5-18,28H,1-4H3. The lowest BCUT2D eigenvalue weighted by Gasteiger charge is -2.22. The first-order valence-corrected chi connectivity index (χ1v) is 12.5. The molecule has 0 aliphatic rings. The van der Waals surface area contributed by atoms with Gasteiger partial charge < -0.3 is 0 Å². The highest BCUT2D eigenvalue weighted by Crippen LogP contribution is 2.29. The number of halogens is 1. The van der Waals surface area contributed by atoms with Crippen LogP contribution in [0.25, 0.3) is 34.1 Å². The van der Waals surface area contributed by atoms with E-state index in [1.807, 2.05) is 59.8 Å². The van der Waals surface area contributed by atoms with E-state index in [1.165, 1.54) is 12.1 Å². The van der Waals surface area contributed by atoms with Crippen molar-refractivity contribution < 1.29 is 4.39 Å². The van der Waals surface area contributed by atoms with E-state index in [0.717, 1.165) is 45.1 Å². The maximum Gasteiger partial charge on any atom is 0.254 e. The van der Waals surface area contributed by atoms with Gasteiger partial charge in [-0.25, -0.2) is 13.9 Å². The number of pyridine rings is 1. The van der Waals surface area contributed by atoms with Gasteiger partial charge in [0, 0.05) is 34.9 Å². The molecule has 0 radical (unpaired) electrons. The molecule has 0 N–H and O–H groups in total. The number of aryl methyl sites for hydroxylation is 2. The van der Waals surface area contributed by atoms with Crippen LogP contribution in [0.2, 0.25) is 0 Å². The Morgan fingerprint density at radius 2 is 1.53 bits per heavy atom. The Hall–Kier alpha value is -4.66. The molecule has 0 saturated carbocycles. The van der Waals surface area contributed by atoms with Crippen LogP contribution in [0.15, 0.2) is 79.5 Å². The van der Waals surface area contributed by atoms with Crippen molar-refractivity contribution in [3.05, 3.63) is 102 Å². The van der Waals surface area contributed by atoms with Crippen molar-refractivity contribution in [3.63, 3.8) is 0 Å². The number of rotatable bonds is 6. The van der Waals surface area contributed by atoms with E-state index in [9.17, 15) is 4.39 Å². The Labute approximate surface area is 219 Å². The minimum Gasteiger partial charge on any atom is -0.286 e. The topological polar surface area (TPSA) is 78.7 Å². The molecule has 5 heterocycles. The molecular formula is C29H27FN8. The highest BCUT2D eigenvalue weighted by Gasteiger charge is 2.20. The second-order valence-electron chi connectivity index (χ2n) is 9.82. The van der Waals surface area contributed by atoms with Gasteiger partial charge in [-0.15, -0.1) is 5.10 Å². The monoisotopic (exact) mass is 506 g/mol. The van der Waals surface area contributed by atoms with E-state index in [1.54, 1.807) is 23.1 Å². The summed E-state index contributed by atoms with van der Waals surface area (Å²) < 4.78 is 19.2. The molecule has 0 saturated heterocycles. The quantitative estimate of drug-likeness (QED) is 0.284. The van der Waals surface area contributed by atoms with Crippen molar-refractivity contribution in [2.45, 2.75) is 33.7 Å². The van der Waals surface area contributed by atoms with Crippen LogP contribution in [0.3, 0.4) is 0 Å². The van der Waals surface area contributed by atoms with E-state index in [-0.39, 0.29) is 17.8 Å². The molecule has 8 nitrogen and oxygen atoms in total. The molecule has 0 spiro atoms. The van der Waals surface area contributed by atoms with Crippen molar-refractivity contribution in [2.75, 3.05) is 0 Å². The summed E-state index contributed by atoms with van der Waals surface area (Å²) in [5.74, 6) is 0.639. The van der Waals surface area contributed by atoms with Gasteiger partial charge >= 0.3 is 0 Å². The first kappa shape index (κ1) is 23.7. The molecule has 9 heteroatoms. The first-order chi connectivity index (χ1) is 18.4. The lowest BCUT2D eigenvalue weighted by Crippen LogP contribution is -2.17. The van der Waals surface area contributed by atoms with Crippen LogP contribution in [0, 0.1) is 25.6 Å². The Morgan fingerprint density at radius 3 is 2.24 bits per heavy atom. The van der Waals surface area contributed by atoms with Gasteiger partial charge in [0.2, 0.25) is 0 Å². The predicted molar refractivity (Wildman–Crippen MR) is 143 cm³/mol. The lowest BCUT2D eigenvalue weighted by molar-refractivity contribution is 0.402. The fourth-order valence-corrected chi connectivity index (χ4v) is 4.88. The number of fused-ring (bicyclic) bond motifs is 1. The Bertz CT molecular complexity index is 1720. The van der Waals surface area contributed by atoms with Crippen molar-refractivity contribution in [3.8, 4) is 28.5 Å². The number of hydrogen-bond donors (Lipinski definition) is 0. The molecular weight excluding hydrogens is 479 g/mol. The third-order valence-electron chi connectivity index (χ3n) is 6.75. The van der Waals surface area contributed by atoms with Gasteiger partial charge in [-0.05, 0) is 61.7 Å². The molecule has 190 valence electrons. The van der Waals surface area contributed by atoms with Gasteiger partial charge in [0.15, 0.2) is 5.65 Å². The minimum absolute atomic E-state index is 0.0300. The Morgan fingerprint density at radius 1 is 0.816 bits per heavy atom. The molecule has 0 amide bonds. The van der Waals surface area contributed by atoms with Gasteiger partial charge in [-0.3, -0.25) is 14.2 Å². The summed E-state index contributed by atoms with van der Waals surface area (Å²) in [5.41, 5.74) is 7.09. The SMILES string of the molecule is Cc1ccc(C)n1-c1nc2cc(-c3cncc(-c4cnn(C(c5ccc(F)cc5)C(C)C)c4)n3)ccn2n1. The highest BCUT2D eigenvalue weighted by molar-refractivity contribution is 5.66. The summed E-state index contributed by atoms with van der Waals surface area (Å²) in [6, 6.07) is 14.6. The normalized spacial score (nSPS) is 12.5. The molecule has 1 unspecified atom stereocenters. The largest absolute Gasteiger partial charge is 0.286 e. The molecule has 0 aliphatic carbocycles.